The molecule has 3 aromatic carbocycles. The standard InChI is InChI=1S/C31H28N2O6/c34-24(35)19-31(30(38)39)26-25(28(36)33(29(26)37)18-17-21-9-5-2-6-10-21)27(32-31)23-15-13-22(14-16-23)12-11-20-7-3-1-4-8-20/h1-16,25-27,32H,17-19H2,(H,34,35)(H,38,39)/b12-11+. The molecule has 2 aliphatic rings. The van der Waals surface area contributed by atoms with Gasteiger partial charge in [0.25, 0.3) is 0 Å². The second-order valence-corrected chi connectivity index (χ2v) is 9.95. The van der Waals surface area contributed by atoms with Crippen molar-refractivity contribution in [2.45, 2.75) is 24.4 Å². The summed E-state index contributed by atoms with van der Waals surface area (Å²) in [7, 11) is 0. The van der Waals surface area contributed by atoms with Crippen molar-refractivity contribution in [3.05, 3.63) is 107 Å². The van der Waals surface area contributed by atoms with E-state index in [1.54, 1.807) is 12.1 Å². The van der Waals surface area contributed by atoms with E-state index in [9.17, 15) is 29.4 Å². The van der Waals surface area contributed by atoms with Gasteiger partial charge in [0, 0.05) is 12.6 Å². The summed E-state index contributed by atoms with van der Waals surface area (Å²) in [5.41, 5.74) is 1.36. The molecule has 8 nitrogen and oxygen atoms in total. The molecule has 4 atom stereocenters. The van der Waals surface area contributed by atoms with Crippen LogP contribution in [0.4, 0.5) is 0 Å². The summed E-state index contributed by atoms with van der Waals surface area (Å²) in [6, 6.07) is 25.6. The zero-order valence-electron chi connectivity index (χ0n) is 21.1. The van der Waals surface area contributed by atoms with Crippen molar-refractivity contribution in [1.29, 1.82) is 0 Å². The molecule has 0 aliphatic carbocycles. The number of carboxylic acid groups (broad SMARTS) is 2. The third kappa shape index (κ3) is 4.98. The largest absolute Gasteiger partial charge is 0.481 e. The number of nitrogens with zero attached hydrogens (tertiary/aromatic N) is 1. The quantitative estimate of drug-likeness (QED) is 0.288. The first kappa shape index (κ1) is 26.1. The van der Waals surface area contributed by atoms with Crippen molar-refractivity contribution < 1.29 is 29.4 Å². The maximum atomic E-state index is 13.6. The Morgan fingerprint density at radius 1 is 0.821 bits per heavy atom. The normalized spacial score (nSPS) is 24.3. The molecule has 2 aliphatic heterocycles. The van der Waals surface area contributed by atoms with E-state index in [4.69, 9.17) is 0 Å². The summed E-state index contributed by atoms with van der Waals surface area (Å²) in [6.07, 6.45) is 3.48. The van der Waals surface area contributed by atoms with Crippen LogP contribution in [0, 0.1) is 11.8 Å². The molecule has 0 bridgehead atoms. The molecule has 39 heavy (non-hydrogen) atoms. The monoisotopic (exact) mass is 524 g/mol. The lowest BCUT2D eigenvalue weighted by Crippen LogP contribution is -2.57. The fourth-order valence-electron chi connectivity index (χ4n) is 5.70. The summed E-state index contributed by atoms with van der Waals surface area (Å²) < 4.78 is 0. The molecule has 0 saturated carbocycles. The van der Waals surface area contributed by atoms with E-state index in [1.807, 2.05) is 84.9 Å². The Morgan fingerprint density at radius 2 is 1.41 bits per heavy atom. The number of carboxylic acids is 2. The van der Waals surface area contributed by atoms with Crippen LogP contribution in [0.25, 0.3) is 12.2 Å². The van der Waals surface area contributed by atoms with Gasteiger partial charge in [-0.1, -0.05) is 97.1 Å². The van der Waals surface area contributed by atoms with Gasteiger partial charge in [-0.2, -0.15) is 0 Å². The Morgan fingerprint density at radius 3 is 2.00 bits per heavy atom. The van der Waals surface area contributed by atoms with E-state index in [0.29, 0.717) is 12.0 Å². The Hall–Kier alpha value is -4.56. The van der Waals surface area contributed by atoms with Gasteiger partial charge < -0.3 is 10.2 Å². The first-order valence-electron chi connectivity index (χ1n) is 12.8. The van der Waals surface area contributed by atoms with Crippen molar-refractivity contribution in [3.63, 3.8) is 0 Å². The molecule has 0 radical (unpaired) electrons. The number of likely N-dealkylation sites (tertiary alicyclic amines) is 1. The highest BCUT2D eigenvalue weighted by Gasteiger charge is 2.68. The molecule has 2 amide bonds. The molecule has 4 unspecified atom stereocenters. The highest BCUT2D eigenvalue weighted by molar-refractivity contribution is 6.10. The molecule has 2 saturated heterocycles. The molecule has 3 aromatic rings. The number of carbonyl (C=O) groups excluding carboxylic acids is 2. The summed E-state index contributed by atoms with van der Waals surface area (Å²) in [5.74, 6) is -6.34. The van der Waals surface area contributed by atoms with Crippen molar-refractivity contribution in [1.82, 2.24) is 10.2 Å². The van der Waals surface area contributed by atoms with Gasteiger partial charge in [-0.05, 0) is 28.7 Å². The average Bonchev–Trinajstić information content (AvgIpc) is 3.41. The van der Waals surface area contributed by atoms with E-state index in [1.165, 1.54) is 0 Å². The summed E-state index contributed by atoms with van der Waals surface area (Å²) in [5, 5.41) is 22.8. The van der Waals surface area contributed by atoms with Gasteiger partial charge in [-0.15, -0.1) is 0 Å². The van der Waals surface area contributed by atoms with E-state index in [0.717, 1.165) is 21.6 Å². The highest BCUT2D eigenvalue weighted by Crippen LogP contribution is 2.50. The SMILES string of the molecule is O=C(O)CC1(C(=O)O)NC(c2ccc(/C=C/c3ccccc3)cc2)C2C(=O)N(CCc3ccccc3)C(=O)C21. The molecule has 0 spiro atoms. The van der Waals surface area contributed by atoms with Crippen LogP contribution in [0.1, 0.15) is 34.7 Å². The Kier molecular flexibility index (Phi) is 7.13. The number of aliphatic carboxylic acids is 2. The van der Waals surface area contributed by atoms with Crippen LogP contribution in [0.15, 0.2) is 84.9 Å². The molecular weight excluding hydrogens is 496 g/mol. The molecule has 3 N–H and O–H groups in total. The summed E-state index contributed by atoms with van der Waals surface area (Å²) >= 11 is 0. The lowest BCUT2D eigenvalue weighted by Gasteiger charge is -2.29. The van der Waals surface area contributed by atoms with Crippen molar-refractivity contribution in [3.8, 4) is 0 Å². The molecule has 5 rings (SSSR count). The Labute approximate surface area is 225 Å². The van der Waals surface area contributed by atoms with Crippen molar-refractivity contribution in [2.24, 2.45) is 11.8 Å². The minimum Gasteiger partial charge on any atom is -0.481 e. The number of carbonyl (C=O) groups is 4. The van der Waals surface area contributed by atoms with Gasteiger partial charge in [0.2, 0.25) is 11.8 Å². The van der Waals surface area contributed by atoms with Gasteiger partial charge in [0.1, 0.15) is 5.54 Å². The van der Waals surface area contributed by atoms with E-state index in [-0.39, 0.29) is 6.54 Å². The third-order valence-electron chi connectivity index (χ3n) is 7.59. The van der Waals surface area contributed by atoms with Crippen LogP contribution in [-0.4, -0.2) is 50.9 Å². The lowest BCUT2D eigenvalue weighted by molar-refractivity contribution is -0.156. The van der Waals surface area contributed by atoms with Gasteiger partial charge in [0.05, 0.1) is 18.3 Å². The maximum Gasteiger partial charge on any atom is 0.325 e. The van der Waals surface area contributed by atoms with Crippen LogP contribution in [0.3, 0.4) is 0 Å². The smallest absolute Gasteiger partial charge is 0.325 e. The number of rotatable bonds is 9. The van der Waals surface area contributed by atoms with Crippen molar-refractivity contribution in [2.75, 3.05) is 6.54 Å². The van der Waals surface area contributed by atoms with Crippen LogP contribution < -0.4 is 5.32 Å². The minimum absolute atomic E-state index is 0.0907. The zero-order chi connectivity index (χ0) is 27.6. The summed E-state index contributed by atoms with van der Waals surface area (Å²) in [6.45, 7) is 0.0907. The number of amides is 2. The van der Waals surface area contributed by atoms with Gasteiger partial charge in [0.15, 0.2) is 0 Å². The number of nitrogens with one attached hydrogen (secondary N) is 1. The second kappa shape index (κ2) is 10.7. The van der Waals surface area contributed by atoms with E-state index >= 15 is 0 Å². The Bertz CT molecular complexity index is 1420. The fourth-order valence-corrected chi connectivity index (χ4v) is 5.70. The van der Waals surface area contributed by atoms with Crippen LogP contribution >= 0.6 is 0 Å². The molecule has 0 aromatic heterocycles. The molecule has 2 fully saturated rings. The predicted octanol–water partition coefficient (Wildman–Crippen LogP) is 3.64. The maximum absolute atomic E-state index is 13.6. The average molecular weight is 525 g/mol. The molecular formula is C31H28N2O6. The Balaban J connectivity index is 1.45. The summed E-state index contributed by atoms with van der Waals surface area (Å²) in [4.78, 5) is 52.7. The minimum atomic E-state index is -2.11. The van der Waals surface area contributed by atoms with E-state index < -0.39 is 53.6 Å². The third-order valence-corrected chi connectivity index (χ3v) is 7.59. The number of hydrogen-bond donors (Lipinski definition) is 3. The molecule has 198 valence electrons. The number of hydrogen-bond acceptors (Lipinski definition) is 5. The lowest BCUT2D eigenvalue weighted by atomic mass is 9.77. The molecule has 8 heteroatoms. The first-order valence-corrected chi connectivity index (χ1v) is 12.8. The number of imide groups is 1. The predicted molar refractivity (Wildman–Crippen MR) is 144 cm³/mol. The van der Waals surface area contributed by atoms with Gasteiger partial charge >= 0.3 is 11.9 Å². The van der Waals surface area contributed by atoms with Crippen LogP contribution in [0.2, 0.25) is 0 Å². The van der Waals surface area contributed by atoms with Crippen molar-refractivity contribution >= 4 is 35.9 Å². The fraction of sp³-hybridized carbons (Fsp3) is 0.226. The topological polar surface area (TPSA) is 124 Å². The second-order valence-electron chi connectivity index (χ2n) is 9.95. The van der Waals surface area contributed by atoms with Crippen LogP contribution in [0.5, 0.6) is 0 Å². The van der Waals surface area contributed by atoms with Crippen LogP contribution in [-0.2, 0) is 25.6 Å². The van der Waals surface area contributed by atoms with E-state index in [2.05, 4.69) is 5.32 Å². The number of fused-ring (bicyclic) bond motifs is 1. The van der Waals surface area contributed by atoms with Gasteiger partial charge in [-0.3, -0.25) is 29.4 Å². The first-order chi connectivity index (χ1) is 18.8. The molecule has 2 heterocycles. The highest BCUT2D eigenvalue weighted by atomic mass is 16.4. The number of benzene rings is 3. The van der Waals surface area contributed by atoms with Gasteiger partial charge in [-0.25, -0.2) is 0 Å². The zero-order valence-corrected chi connectivity index (χ0v) is 21.1.